The Kier molecular flexibility index (Phi) is 5.62. The van der Waals surface area contributed by atoms with Crippen LogP contribution in [0.3, 0.4) is 0 Å². The smallest absolute Gasteiger partial charge is 0.338 e. The molecule has 8 heteroatoms. The van der Waals surface area contributed by atoms with Crippen LogP contribution in [0.4, 0.5) is 0 Å². The number of unbranched alkanes of at least 4 members (excludes halogenated alkanes) is 1. The highest BCUT2D eigenvalue weighted by molar-refractivity contribution is 7.16. The molecule has 0 fully saturated rings. The van der Waals surface area contributed by atoms with Gasteiger partial charge >= 0.3 is 5.97 Å². The molecule has 0 atom stereocenters. The zero-order chi connectivity index (χ0) is 18.5. The average molecular weight is 373 g/mol. The summed E-state index contributed by atoms with van der Waals surface area (Å²) in [5.41, 5.74) is 0.500. The number of aryl methyl sites for hydroxylation is 1. The van der Waals surface area contributed by atoms with Crippen molar-refractivity contribution in [2.24, 2.45) is 0 Å². The summed E-state index contributed by atoms with van der Waals surface area (Å²) in [6.45, 7) is 2.02. The fourth-order valence-electron chi connectivity index (χ4n) is 2.37. The molecule has 1 aromatic carbocycles. The summed E-state index contributed by atoms with van der Waals surface area (Å²) in [6.07, 6.45) is 2.90. The van der Waals surface area contributed by atoms with Gasteiger partial charge in [0.15, 0.2) is 0 Å². The van der Waals surface area contributed by atoms with E-state index in [1.54, 1.807) is 24.3 Å². The summed E-state index contributed by atoms with van der Waals surface area (Å²) in [6, 6.07) is 8.03. The second-order valence-electron chi connectivity index (χ2n) is 5.69. The van der Waals surface area contributed by atoms with Gasteiger partial charge in [-0.2, -0.15) is 9.61 Å². The second kappa shape index (κ2) is 8.09. The molecule has 7 nitrogen and oxygen atoms in total. The van der Waals surface area contributed by atoms with Gasteiger partial charge in [0.2, 0.25) is 4.96 Å². The van der Waals surface area contributed by atoms with Crippen molar-refractivity contribution in [1.82, 2.24) is 14.6 Å². The van der Waals surface area contributed by atoms with E-state index in [4.69, 9.17) is 9.47 Å². The van der Waals surface area contributed by atoms with E-state index >= 15 is 0 Å². The van der Waals surface area contributed by atoms with Crippen LogP contribution in [-0.4, -0.2) is 27.7 Å². The summed E-state index contributed by atoms with van der Waals surface area (Å²) in [5.74, 6) is 0.0698. The lowest BCUT2D eigenvalue weighted by molar-refractivity contribution is 0.0467. The first-order valence-corrected chi connectivity index (χ1v) is 9.12. The van der Waals surface area contributed by atoms with Gasteiger partial charge in [-0.25, -0.2) is 9.78 Å². The minimum Gasteiger partial charge on any atom is -0.497 e. The van der Waals surface area contributed by atoms with Crippen LogP contribution in [0.15, 0.2) is 35.1 Å². The van der Waals surface area contributed by atoms with Gasteiger partial charge in [-0.05, 0) is 24.6 Å². The van der Waals surface area contributed by atoms with Gasteiger partial charge in [0.05, 0.1) is 18.4 Å². The minimum absolute atomic E-state index is 0.0794. The van der Waals surface area contributed by atoms with Crippen molar-refractivity contribution in [2.45, 2.75) is 32.8 Å². The summed E-state index contributed by atoms with van der Waals surface area (Å²) < 4.78 is 11.7. The molecule has 0 bridgehead atoms. The van der Waals surface area contributed by atoms with E-state index in [1.165, 1.54) is 29.0 Å². The highest BCUT2D eigenvalue weighted by Gasteiger charge is 2.12. The van der Waals surface area contributed by atoms with Gasteiger partial charge in [0, 0.05) is 12.5 Å². The lowest BCUT2D eigenvalue weighted by Crippen LogP contribution is -2.16. The number of fused-ring (bicyclic) bond motifs is 1. The molecule has 0 aliphatic carbocycles. The molecule has 2 aromatic heterocycles. The molecule has 0 saturated heterocycles. The molecule has 2 heterocycles. The largest absolute Gasteiger partial charge is 0.497 e. The van der Waals surface area contributed by atoms with Gasteiger partial charge in [0.1, 0.15) is 17.4 Å². The van der Waals surface area contributed by atoms with E-state index in [2.05, 4.69) is 17.0 Å². The first-order chi connectivity index (χ1) is 12.6. The maximum absolute atomic E-state index is 12.2. The Morgan fingerprint density at radius 3 is 2.92 bits per heavy atom. The minimum atomic E-state index is -0.501. The van der Waals surface area contributed by atoms with Crippen molar-refractivity contribution in [3.8, 4) is 5.75 Å². The molecule has 0 spiro atoms. The van der Waals surface area contributed by atoms with Crippen molar-refractivity contribution in [3.05, 3.63) is 57.0 Å². The van der Waals surface area contributed by atoms with Crippen LogP contribution in [-0.2, 0) is 17.8 Å². The molecule has 0 radical (unpaired) electrons. The molecule has 0 aliphatic heterocycles. The van der Waals surface area contributed by atoms with Gasteiger partial charge in [-0.15, -0.1) is 0 Å². The fraction of sp³-hybridized carbons (Fsp3) is 0.333. The Balaban J connectivity index is 1.74. The molecule has 0 aliphatic rings. The molecule has 26 heavy (non-hydrogen) atoms. The summed E-state index contributed by atoms with van der Waals surface area (Å²) in [4.78, 5) is 29.2. The van der Waals surface area contributed by atoms with Gasteiger partial charge in [-0.3, -0.25) is 4.79 Å². The number of methoxy groups -OCH3 is 1. The number of hydrogen-bond donors (Lipinski definition) is 0. The Labute approximate surface area is 154 Å². The molecular weight excluding hydrogens is 354 g/mol. The highest BCUT2D eigenvalue weighted by atomic mass is 32.1. The first kappa shape index (κ1) is 18.1. The van der Waals surface area contributed by atoms with E-state index in [0.29, 0.717) is 22.0 Å². The number of carbonyl (C=O) groups excluding carboxylic acids is 1. The second-order valence-corrected chi connectivity index (χ2v) is 6.73. The summed E-state index contributed by atoms with van der Waals surface area (Å²) >= 11 is 1.38. The zero-order valence-electron chi connectivity index (χ0n) is 14.6. The Bertz CT molecular complexity index is 980. The molecule has 0 amide bonds. The number of nitrogens with zero attached hydrogens (tertiary/aromatic N) is 3. The van der Waals surface area contributed by atoms with Gasteiger partial charge in [-0.1, -0.05) is 30.7 Å². The number of ether oxygens (including phenoxy) is 2. The number of rotatable bonds is 7. The maximum atomic E-state index is 12.2. The van der Waals surface area contributed by atoms with Crippen LogP contribution < -0.4 is 10.3 Å². The predicted molar refractivity (Wildman–Crippen MR) is 97.9 cm³/mol. The van der Waals surface area contributed by atoms with Crippen LogP contribution in [0.2, 0.25) is 0 Å². The molecular formula is C18H19N3O4S. The van der Waals surface area contributed by atoms with Gasteiger partial charge < -0.3 is 9.47 Å². The van der Waals surface area contributed by atoms with Crippen LogP contribution >= 0.6 is 11.3 Å². The number of esters is 1. The molecule has 0 N–H and O–H groups in total. The van der Waals surface area contributed by atoms with Crippen molar-refractivity contribution in [1.29, 1.82) is 0 Å². The van der Waals surface area contributed by atoms with E-state index in [0.717, 1.165) is 24.3 Å². The third-order valence-electron chi connectivity index (χ3n) is 3.74. The SMILES string of the molecule is CCCCc1nn2c(=O)cc(COC(=O)c3cccc(OC)c3)nc2s1. The maximum Gasteiger partial charge on any atom is 0.338 e. The Hall–Kier alpha value is -2.74. The molecule has 0 unspecified atom stereocenters. The highest BCUT2D eigenvalue weighted by Crippen LogP contribution is 2.16. The lowest BCUT2D eigenvalue weighted by Gasteiger charge is -2.05. The van der Waals surface area contributed by atoms with E-state index < -0.39 is 5.97 Å². The normalized spacial score (nSPS) is 10.8. The van der Waals surface area contributed by atoms with Crippen molar-refractivity contribution >= 4 is 22.3 Å². The monoisotopic (exact) mass is 373 g/mol. The standard InChI is InChI=1S/C18H19N3O4S/c1-3-4-8-15-20-21-16(22)10-13(19-18(21)26-15)11-25-17(23)12-6-5-7-14(9-12)24-2/h5-7,9-10H,3-4,8,11H2,1-2H3. The molecule has 136 valence electrons. The molecule has 3 rings (SSSR count). The van der Waals surface area contributed by atoms with Crippen molar-refractivity contribution in [2.75, 3.05) is 7.11 Å². The van der Waals surface area contributed by atoms with Crippen molar-refractivity contribution < 1.29 is 14.3 Å². The zero-order valence-corrected chi connectivity index (χ0v) is 15.4. The van der Waals surface area contributed by atoms with Crippen molar-refractivity contribution in [3.63, 3.8) is 0 Å². The Morgan fingerprint density at radius 2 is 2.15 bits per heavy atom. The third-order valence-corrected chi connectivity index (χ3v) is 4.71. The number of hydrogen-bond acceptors (Lipinski definition) is 7. The van der Waals surface area contributed by atoms with E-state index in [-0.39, 0.29) is 12.2 Å². The van der Waals surface area contributed by atoms with E-state index in [1.807, 2.05) is 0 Å². The van der Waals surface area contributed by atoms with Crippen LogP contribution in [0, 0.1) is 0 Å². The third kappa shape index (κ3) is 4.08. The number of aromatic nitrogens is 3. The van der Waals surface area contributed by atoms with E-state index in [9.17, 15) is 9.59 Å². The number of benzene rings is 1. The summed E-state index contributed by atoms with van der Waals surface area (Å²) in [7, 11) is 1.53. The Morgan fingerprint density at radius 1 is 1.31 bits per heavy atom. The van der Waals surface area contributed by atoms with Gasteiger partial charge in [0.25, 0.3) is 5.56 Å². The fourth-order valence-corrected chi connectivity index (χ4v) is 3.33. The average Bonchev–Trinajstić information content (AvgIpc) is 3.08. The lowest BCUT2D eigenvalue weighted by atomic mass is 10.2. The van der Waals surface area contributed by atoms with Crippen LogP contribution in [0.1, 0.15) is 40.8 Å². The summed E-state index contributed by atoms with van der Waals surface area (Å²) in [5, 5.41) is 5.17. The molecule has 0 saturated carbocycles. The van der Waals surface area contributed by atoms with Crippen LogP contribution in [0.25, 0.3) is 4.96 Å². The molecule has 3 aromatic rings. The quantitative estimate of drug-likeness (QED) is 0.592. The number of carbonyl (C=O) groups is 1. The first-order valence-electron chi connectivity index (χ1n) is 8.30. The van der Waals surface area contributed by atoms with Crippen LogP contribution in [0.5, 0.6) is 5.75 Å². The predicted octanol–water partition coefficient (Wildman–Crippen LogP) is 2.86. The topological polar surface area (TPSA) is 82.8 Å².